The van der Waals surface area contributed by atoms with E-state index in [1.165, 1.54) is 17.7 Å². The average molecular weight is 329 g/mol. The van der Waals surface area contributed by atoms with E-state index in [9.17, 15) is 9.18 Å². The molecule has 0 radical (unpaired) electrons. The summed E-state index contributed by atoms with van der Waals surface area (Å²) in [5.74, 6) is -0.357. The fourth-order valence-electron chi connectivity index (χ4n) is 2.18. The number of amides is 1. The van der Waals surface area contributed by atoms with E-state index in [0.717, 1.165) is 11.3 Å². The number of carbonyl (C=O) groups is 1. The second-order valence-electron chi connectivity index (χ2n) is 5.26. The van der Waals surface area contributed by atoms with E-state index in [1.54, 1.807) is 40.4 Å². The molecule has 23 heavy (non-hydrogen) atoms. The van der Waals surface area contributed by atoms with Crippen LogP contribution in [0.2, 0.25) is 0 Å². The summed E-state index contributed by atoms with van der Waals surface area (Å²) in [6.07, 6.45) is 1.98. The first-order valence-corrected chi connectivity index (χ1v) is 8.15. The van der Waals surface area contributed by atoms with Gasteiger partial charge >= 0.3 is 0 Å². The summed E-state index contributed by atoms with van der Waals surface area (Å²) in [7, 11) is 0. The van der Waals surface area contributed by atoms with Gasteiger partial charge in [0.25, 0.3) is 0 Å². The smallest absolute Gasteiger partial charge is 0.226 e. The molecule has 118 valence electrons. The van der Waals surface area contributed by atoms with Gasteiger partial charge in [0, 0.05) is 12.7 Å². The van der Waals surface area contributed by atoms with Crippen LogP contribution in [-0.4, -0.2) is 15.7 Å². The fourth-order valence-corrected chi connectivity index (χ4v) is 3.04. The number of hydrogen-bond acceptors (Lipinski definition) is 3. The van der Waals surface area contributed by atoms with Crippen molar-refractivity contribution in [3.63, 3.8) is 0 Å². The Hall–Kier alpha value is -2.47. The summed E-state index contributed by atoms with van der Waals surface area (Å²) in [5, 5.41) is 11.3. The molecule has 1 amide bonds. The largest absolute Gasteiger partial charge is 0.352 e. The van der Waals surface area contributed by atoms with Crippen LogP contribution in [0.1, 0.15) is 16.8 Å². The van der Waals surface area contributed by atoms with Crippen LogP contribution in [0.15, 0.2) is 47.3 Å². The highest BCUT2D eigenvalue weighted by Crippen LogP contribution is 2.13. The molecule has 3 rings (SSSR count). The van der Waals surface area contributed by atoms with Crippen LogP contribution in [0, 0.1) is 12.7 Å². The van der Waals surface area contributed by atoms with Gasteiger partial charge in [-0.15, -0.1) is 0 Å². The minimum Gasteiger partial charge on any atom is -0.352 e. The molecule has 0 spiro atoms. The standard InChI is InChI=1S/C17H16FN3OS/c1-12-10-23-11-13(12)9-19-17(22)8-15-6-7-21(20-15)16-4-2-14(18)3-5-16/h2-7,10-11H,8-9H2,1H3,(H,19,22). The average Bonchev–Trinajstić information content (AvgIpc) is 3.15. The molecule has 0 unspecified atom stereocenters. The molecule has 6 heteroatoms. The molecular weight excluding hydrogens is 313 g/mol. The summed E-state index contributed by atoms with van der Waals surface area (Å²) in [6, 6.07) is 7.84. The van der Waals surface area contributed by atoms with E-state index < -0.39 is 0 Å². The highest BCUT2D eigenvalue weighted by Gasteiger charge is 2.08. The highest BCUT2D eigenvalue weighted by atomic mass is 32.1. The molecule has 3 aromatic rings. The van der Waals surface area contributed by atoms with Crippen LogP contribution in [0.25, 0.3) is 5.69 Å². The first-order valence-electron chi connectivity index (χ1n) is 7.20. The quantitative estimate of drug-likeness (QED) is 0.781. The van der Waals surface area contributed by atoms with Gasteiger partial charge in [0.2, 0.25) is 5.91 Å². The summed E-state index contributed by atoms with van der Waals surface area (Å²) in [6.45, 7) is 2.56. The summed E-state index contributed by atoms with van der Waals surface area (Å²) >= 11 is 1.63. The van der Waals surface area contributed by atoms with Crippen molar-refractivity contribution in [2.24, 2.45) is 0 Å². The third kappa shape index (κ3) is 3.84. The third-order valence-corrected chi connectivity index (χ3v) is 4.43. The predicted molar refractivity (Wildman–Crippen MR) is 88.1 cm³/mol. The number of hydrogen-bond donors (Lipinski definition) is 1. The maximum absolute atomic E-state index is 12.9. The van der Waals surface area contributed by atoms with Crippen molar-refractivity contribution in [3.05, 3.63) is 69.9 Å². The topological polar surface area (TPSA) is 46.9 Å². The maximum Gasteiger partial charge on any atom is 0.226 e. The van der Waals surface area contributed by atoms with Crippen molar-refractivity contribution in [2.45, 2.75) is 19.9 Å². The lowest BCUT2D eigenvalue weighted by Gasteiger charge is -2.04. The van der Waals surface area contributed by atoms with Gasteiger partial charge in [-0.25, -0.2) is 9.07 Å². The van der Waals surface area contributed by atoms with E-state index in [4.69, 9.17) is 0 Å². The zero-order chi connectivity index (χ0) is 16.2. The molecule has 1 N–H and O–H groups in total. The van der Waals surface area contributed by atoms with Crippen molar-refractivity contribution in [1.29, 1.82) is 0 Å². The monoisotopic (exact) mass is 329 g/mol. The van der Waals surface area contributed by atoms with E-state index in [0.29, 0.717) is 12.2 Å². The van der Waals surface area contributed by atoms with Gasteiger partial charge in [-0.05, 0) is 59.1 Å². The molecule has 1 aromatic carbocycles. The van der Waals surface area contributed by atoms with E-state index >= 15 is 0 Å². The van der Waals surface area contributed by atoms with Gasteiger partial charge in [0.15, 0.2) is 0 Å². The second kappa shape index (κ2) is 6.75. The van der Waals surface area contributed by atoms with Crippen molar-refractivity contribution in [1.82, 2.24) is 15.1 Å². The fraction of sp³-hybridized carbons (Fsp3) is 0.176. The molecular formula is C17H16FN3OS. The Morgan fingerprint density at radius 2 is 2.04 bits per heavy atom. The summed E-state index contributed by atoms with van der Waals surface area (Å²) < 4.78 is 14.6. The number of benzene rings is 1. The van der Waals surface area contributed by atoms with Gasteiger partial charge in [0.05, 0.1) is 17.8 Å². The van der Waals surface area contributed by atoms with Gasteiger partial charge in [-0.2, -0.15) is 16.4 Å². The molecule has 0 aliphatic carbocycles. The lowest BCUT2D eigenvalue weighted by molar-refractivity contribution is -0.120. The normalized spacial score (nSPS) is 10.7. The number of carbonyl (C=O) groups excluding carboxylic acids is 1. The lowest BCUT2D eigenvalue weighted by Crippen LogP contribution is -2.24. The number of halogens is 1. The van der Waals surface area contributed by atoms with Crippen LogP contribution >= 0.6 is 11.3 Å². The number of aromatic nitrogens is 2. The molecule has 0 saturated carbocycles. The van der Waals surface area contributed by atoms with Crippen LogP contribution in [0.3, 0.4) is 0 Å². The first-order chi connectivity index (χ1) is 11.1. The highest BCUT2D eigenvalue weighted by molar-refractivity contribution is 7.08. The molecule has 0 bridgehead atoms. The van der Waals surface area contributed by atoms with Gasteiger partial charge < -0.3 is 5.32 Å². The van der Waals surface area contributed by atoms with Crippen molar-refractivity contribution >= 4 is 17.2 Å². The zero-order valence-corrected chi connectivity index (χ0v) is 13.4. The number of nitrogens with one attached hydrogen (secondary N) is 1. The Kier molecular flexibility index (Phi) is 4.52. The van der Waals surface area contributed by atoms with Crippen LogP contribution in [0.5, 0.6) is 0 Å². The van der Waals surface area contributed by atoms with E-state index in [1.807, 2.05) is 12.3 Å². The Balaban J connectivity index is 1.59. The molecule has 0 fully saturated rings. The SMILES string of the molecule is Cc1cscc1CNC(=O)Cc1ccn(-c2ccc(F)cc2)n1. The summed E-state index contributed by atoms with van der Waals surface area (Å²) in [5.41, 5.74) is 3.76. The Morgan fingerprint density at radius 1 is 1.26 bits per heavy atom. The van der Waals surface area contributed by atoms with Crippen LogP contribution in [-0.2, 0) is 17.8 Å². The minimum atomic E-state index is -0.288. The van der Waals surface area contributed by atoms with E-state index in [-0.39, 0.29) is 18.1 Å². The number of nitrogens with zero attached hydrogens (tertiary/aromatic N) is 2. The molecule has 0 aliphatic rings. The van der Waals surface area contributed by atoms with Crippen molar-refractivity contribution < 1.29 is 9.18 Å². The zero-order valence-electron chi connectivity index (χ0n) is 12.6. The number of rotatable bonds is 5. The molecule has 0 aliphatic heterocycles. The third-order valence-electron chi connectivity index (χ3n) is 3.51. The van der Waals surface area contributed by atoms with Crippen molar-refractivity contribution in [2.75, 3.05) is 0 Å². The predicted octanol–water partition coefficient (Wildman–Crippen LogP) is 3.24. The molecule has 0 saturated heterocycles. The molecule has 2 aromatic heterocycles. The van der Waals surface area contributed by atoms with Crippen LogP contribution < -0.4 is 5.32 Å². The van der Waals surface area contributed by atoms with Gasteiger partial charge in [-0.1, -0.05) is 0 Å². The lowest BCUT2D eigenvalue weighted by atomic mass is 10.2. The maximum atomic E-state index is 12.9. The Bertz CT molecular complexity index is 807. The number of thiophene rings is 1. The minimum absolute atomic E-state index is 0.0695. The molecule has 4 nitrogen and oxygen atoms in total. The van der Waals surface area contributed by atoms with Crippen LogP contribution in [0.4, 0.5) is 4.39 Å². The first kappa shape index (κ1) is 15.4. The second-order valence-corrected chi connectivity index (χ2v) is 6.01. The Morgan fingerprint density at radius 3 is 2.74 bits per heavy atom. The van der Waals surface area contributed by atoms with Gasteiger partial charge in [-0.3, -0.25) is 4.79 Å². The Labute approximate surface area is 137 Å². The summed E-state index contributed by atoms with van der Waals surface area (Å²) in [4.78, 5) is 12.0. The van der Waals surface area contributed by atoms with Crippen molar-refractivity contribution in [3.8, 4) is 5.69 Å². The number of aryl methyl sites for hydroxylation is 1. The molecule has 2 heterocycles. The molecule has 0 atom stereocenters. The van der Waals surface area contributed by atoms with E-state index in [2.05, 4.69) is 15.8 Å². The van der Waals surface area contributed by atoms with Gasteiger partial charge in [0.1, 0.15) is 5.82 Å².